The summed E-state index contributed by atoms with van der Waals surface area (Å²) in [6.45, 7) is 7.96. The molecule has 0 aromatic heterocycles. The molecule has 0 heterocycles. The smallest absolute Gasteiger partial charge is 0.169 e. The van der Waals surface area contributed by atoms with Crippen LogP contribution in [0.25, 0.3) is 0 Å². The quantitative estimate of drug-likeness (QED) is 0.865. The molecule has 1 N–H and O–H groups in total. The molecule has 0 bridgehead atoms. The van der Waals surface area contributed by atoms with E-state index in [1.807, 2.05) is 27.7 Å². The highest BCUT2D eigenvalue weighted by atomic mass is 35.5. The molecule has 1 atom stereocenters. The minimum absolute atomic E-state index is 0.0529. The van der Waals surface area contributed by atoms with Crippen molar-refractivity contribution in [1.29, 1.82) is 0 Å². The Morgan fingerprint density at radius 1 is 1.39 bits per heavy atom. The molecular weight excluding hydrogens is 270 g/mol. The first-order chi connectivity index (χ1) is 8.27. The highest BCUT2D eigenvalue weighted by Crippen LogP contribution is 2.27. The number of carbonyl (C=O) groups is 1. The maximum Gasteiger partial charge on any atom is 0.169 e. The van der Waals surface area contributed by atoms with Gasteiger partial charge in [-0.3, -0.25) is 4.79 Å². The molecule has 1 unspecified atom stereocenters. The predicted molar refractivity (Wildman–Crippen MR) is 75.3 cm³/mol. The van der Waals surface area contributed by atoms with Gasteiger partial charge < -0.3 is 0 Å². The summed E-state index contributed by atoms with van der Waals surface area (Å²) in [5, 5.41) is 0.396. The minimum Gasteiger partial charge on any atom is -0.294 e. The van der Waals surface area contributed by atoms with Gasteiger partial charge in [-0.1, -0.05) is 39.3 Å². The van der Waals surface area contributed by atoms with Crippen molar-refractivity contribution >= 4 is 28.4 Å². The average molecular weight is 288 g/mol. The van der Waals surface area contributed by atoms with Gasteiger partial charge in [0, 0.05) is 17.5 Å². The van der Waals surface area contributed by atoms with Crippen LogP contribution in [0.2, 0.25) is 5.02 Å². The first kappa shape index (κ1) is 15.3. The van der Waals surface area contributed by atoms with Crippen molar-refractivity contribution < 1.29 is 9.00 Å². The van der Waals surface area contributed by atoms with Gasteiger partial charge >= 0.3 is 0 Å². The van der Waals surface area contributed by atoms with E-state index in [-0.39, 0.29) is 5.78 Å². The Bertz CT molecular complexity index is 480. The molecule has 1 aromatic rings. The average Bonchev–Trinajstić information content (AvgIpc) is 2.27. The zero-order valence-corrected chi connectivity index (χ0v) is 12.6. The molecule has 0 aliphatic rings. The molecule has 0 aliphatic heterocycles. The van der Waals surface area contributed by atoms with E-state index in [0.29, 0.717) is 22.0 Å². The van der Waals surface area contributed by atoms with E-state index in [0.717, 1.165) is 0 Å². The molecule has 1 aromatic carbocycles. The molecule has 0 fully saturated rings. The summed E-state index contributed by atoms with van der Waals surface area (Å²) in [4.78, 5) is 12.8. The Morgan fingerprint density at radius 2 is 2.00 bits per heavy atom. The molecule has 0 saturated heterocycles. The number of benzene rings is 1. The maximum atomic E-state index is 12.2. The van der Waals surface area contributed by atoms with Crippen molar-refractivity contribution in [2.75, 3.05) is 6.54 Å². The molecule has 5 heteroatoms. The molecule has 0 spiro atoms. The molecule has 100 valence electrons. The number of rotatable bonds is 4. The van der Waals surface area contributed by atoms with Crippen molar-refractivity contribution in [3.05, 3.63) is 28.8 Å². The van der Waals surface area contributed by atoms with Crippen molar-refractivity contribution in [2.24, 2.45) is 5.41 Å². The van der Waals surface area contributed by atoms with E-state index in [1.54, 1.807) is 18.2 Å². The predicted octanol–water partition coefficient (Wildman–Crippen LogP) is 3.20. The lowest BCUT2D eigenvalue weighted by molar-refractivity contribution is 0.0858. The lowest BCUT2D eigenvalue weighted by Gasteiger charge is -2.18. The van der Waals surface area contributed by atoms with Crippen molar-refractivity contribution in [1.82, 2.24) is 4.72 Å². The number of nitrogens with one attached hydrogen (secondary N) is 1. The number of halogens is 1. The van der Waals surface area contributed by atoms with E-state index >= 15 is 0 Å². The monoisotopic (exact) mass is 287 g/mol. The molecule has 1 rings (SSSR count). The first-order valence-corrected chi connectivity index (χ1v) is 7.29. The highest BCUT2D eigenvalue weighted by Gasteiger charge is 2.25. The molecule has 0 radical (unpaired) electrons. The number of ketones is 1. The van der Waals surface area contributed by atoms with Gasteiger partial charge in [-0.05, 0) is 18.2 Å². The summed E-state index contributed by atoms with van der Waals surface area (Å²) in [6.07, 6.45) is 0. The third-order valence-corrected chi connectivity index (χ3v) is 3.92. The van der Waals surface area contributed by atoms with E-state index in [9.17, 15) is 9.00 Å². The molecular formula is C13H18ClNO2S. The fourth-order valence-corrected chi connectivity index (χ4v) is 2.46. The molecule has 0 saturated carbocycles. The van der Waals surface area contributed by atoms with Crippen LogP contribution in [0.4, 0.5) is 0 Å². The highest BCUT2D eigenvalue weighted by molar-refractivity contribution is 7.83. The number of Topliss-reactive ketones (excluding diaryl/α,β-unsaturated/α-hetero) is 1. The summed E-state index contributed by atoms with van der Waals surface area (Å²) in [5.74, 6) is -0.0529. The second-order valence-electron chi connectivity index (χ2n) is 4.99. The summed E-state index contributed by atoms with van der Waals surface area (Å²) < 4.78 is 14.6. The Hall–Kier alpha value is -0.710. The van der Waals surface area contributed by atoms with Crippen molar-refractivity contribution in [2.45, 2.75) is 32.6 Å². The van der Waals surface area contributed by atoms with E-state index in [1.165, 1.54) is 0 Å². The zero-order valence-electron chi connectivity index (χ0n) is 11.0. The van der Waals surface area contributed by atoms with Gasteiger partial charge in [0.2, 0.25) is 0 Å². The normalized spacial score (nSPS) is 13.4. The lowest BCUT2D eigenvalue weighted by atomic mass is 9.86. The second kappa shape index (κ2) is 5.95. The Morgan fingerprint density at radius 3 is 2.50 bits per heavy atom. The van der Waals surface area contributed by atoms with Gasteiger partial charge in [-0.25, -0.2) is 8.93 Å². The first-order valence-electron chi connectivity index (χ1n) is 5.77. The minimum atomic E-state index is -1.31. The number of carbonyl (C=O) groups excluding carboxylic acids is 1. The third kappa shape index (κ3) is 3.64. The maximum absolute atomic E-state index is 12.2. The van der Waals surface area contributed by atoms with Crippen LogP contribution in [0.1, 0.15) is 38.1 Å². The van der Waals surface area contributed by atoms with Crippen LogP contribution in [-0.2, 0) is 11.0 Å². The van der Waals surface area contributed by atoms with Crippen LogP contribution in [-0.4, -0.2) is 16.5 Å². The largest absolute Gasteiger partial charge is 0.294 e. The van der Waals surface area contributed by atoms with E-state index in [4.69, 9.17) is 11.6 Å². The standard InChI is InChI=1S/C13H18ClNO2S/c1-5-15-18(17)9-6-7-11(14)10(8-9)12(16)13(2,3)4/h6-8,15H,5H2,1-4H3. The topological polar surface area (TPSA) is 46.2 Å². The van der Waals surface area contributed by atoms with Crippen LogP contribution in [0.15, 0.2) is 23.1 Å². The van der Waals surface area contributed by atoms with Crippen LogP contribution in [0.5, 0.6) is 0 Å². The summed E-state index contributed by atoms with van der Waals surface area (Å²) in [5.41, 5.74) is -0.0880. The van der Waals surface area contributed by atoms with Gasteiger partial charge in [-0.2, -0.15) is 0 Å². The van der Waals surface area contributed by atoms with E-state index < -0.39 is 16.4 Å². The summed E-state index contributed by atoms with van der Waals surface area (Å²) >= 11 is 6.04. The summed E-state index contributed by atoms with van der Waals surface area (Å²) in [7, 11) is -1.31. The third-order valence-electron chi connectivity index (χ3n) is 2.35. The molecule has 0 aliphatic carbocycles. The van der Waals surface area contributed by atoms with E-state index in [2.05, 4.69) is 4.72 Å². The van der Waals surface area contributed by atoms with Gasteiger partial charge in [-0.15, -0.1) is 0 Å². The van der Waals surface area contributed by atoms with Gasteiger partial charge in [0.1, 0.15) is 11.0 Å². The zero-order chi connectivity index (χ0) is 13.9. The number of hydrogen-bond acceptors (Lipinski definition) is 2. The van der Waals surface area contributed by atoms with Crippen LogP contribution in [0, 0.1) is 5.41 Å². The number of hydrogen-bond donors (Lipinski definition) is 1. The van der Waals surface area contributed by atoms with Gasteiger partial charge in [0.05, 0.1) is 9.92 Å². The van der Waals surface area contributed by atoms with Crippen LogP contribution < -0.4 is 4.72 Å². The van der Waals surface area contributed by atoms with Crippen LogP contribution in [0.3, 0.4) is 0 Å². The Kier molecular flexibility index (Phi) is 5.08. The molecule has 0 amide bonds. The molecule has 3 nitrogen and oxygen atoms in total. The van der Waals surface area contributed by atoms with Crippen LogP contribution >= 0.6 is 11.6 Å². The lowest BCUT2D eigenvalue weighted by Crippen LogP contribution is -2.21. The van der Waals surface area contributed by atoms with Gasteiger partial charge in [0.15, 0.2) is 5.78 Å². The van der Waals surface area contributed by atoms with Gasteiger partial charge in [0.25, 0.3) is 0 Å². The Labute approximate surface area is 116 Å². The van der Waals surface area contributed by atoms with Crippen molar-refractivity contribution in [3.63, 3.8) is 0 Å². The fourth-order valence-electron chi connectivity index (χ4n) is 1.41. The van der Waals surface area contributed by atoms with Crippen molar-refractivity contribution in [3.8, 4) is 0 Å². The fraction of sp³-hybridized carbons (Fsp3) is 0.462. The molecule has 18 heavy (non-hydrogen) atoms. The SMILES string of the molecule is CCNS(=O)c1ccc(Cl)c(C(=O)C(C)(C)C)c1. The second-order valence-corrected chi connectivity index (χ2v) is 6.69. The summed E-state index contributed by atoms with van der Waals surface area (Å²) in [6, 6.07) is 4.89. The Balaban J connectivity index is 3.17.